The first-order valence-electron chi connectivity index (χ1n) is 6.19. The van der Waals surface area contributed by atoms with Gasteiger partial charge < -0.3 is 14.8 Å². The number of carbonyl (C=O) groups is 1. The summed E-state index contributed by atoms with van der Waals surface area (Å²) >= 11 is 3.35. The van der Waals surface area contributed by atoms with Gasteiger partial charge in [0.05, 0.1) is 0 Å². The van der Waals surface area contributed by atoms with Crippen molar-refractivity contribution in [3.8, 4) is 11.5 Å². The Morgan fingerprint density at radius 1 is 1.00 bits per heavy atom. The number of ether oxygens (including phenoxy) is 2. The van der Waals surface area contributed by atoms with E-state index in [0.29, 0.717) is 30.3 Å². The Bertz CT molecular complexity index is 640. The zero-order chi connectivity index (χ0) is 13.9. The molecule has 3 rings (SSSR count). The van der Waals surface area contributed by atoms with E-state index >= 15 is 0 Å². The van der Waals surface area contributed by atoms with Crippen LogP contribution in [0.3, 0.4) is 0 Å². The molecule has 2 aromatic rings. The summed E-state index contributed by atoms with van der Waals surface area (Å²) in [6, 6.07) is 12.6. The average molecular weight is 334 g/mol. The number of rotatable bonds is 2. The van der Waals surface area contributed by atoms with Crippen molar-refractivity contribution in [2.24, 2.45) is 0 Å². The molecule has 1 N–H and O–H groups in total. The molecule has 4 nitrogen and oxygen atoms in total. The highest BCUT2D eigenvalue weighted by molar-refractivity contribution is 9.10. The van der Waals surface area contributed by atoms with Crippen LogP contribution in [0.5, 0.6) is 11.5 Å². The first-order chi connectivity index (χ1) is 9.72. The first-order valence-corrected chi connectivity index (χ1v) is 6.98. The van der Waals surface area contributed by atoms with Crippen molar-refractivity contribution in [3.63, 3.8) is 0 Å². The summed E-state index contributed by atoms with van der Waals surface area (Å²) in [5, 5.41) is 2.84. The van der Waals surface area contributed by atoms with Gasteiger partial charge >= 0.3 is 0 Å². The van der Waals surface area contributed by atoms with E-state index in [-0.39, 0.29) is 5.91 Å². The van der Waals surface area contributed by atoms with Crippen LogP contribution in [0.15, 0.2) is 46.9 Å². The Kier molecular flexibility index (Phi) is 3.60. The Morgan fingerprint density at radius 2 is 1.70 bits per heavy atom. The minimum atomic E-state index is -0.177. The highest BCUT2D eigenvalue weighted by atomic mass is 79.9. The number of nitrogens with one attached hydrogen (secondary N) is 1. The second-order valence-corrected chi connectivity index (χ2v) is 5.24. The van der Waals surface area contributed by atoms with E-state index < -0.39 is 0 Å². The van der Waals surface area contributed by atoms with Gasteiger partial charge in [0.1, 0.15) is 13.2 Å². The number of benzene rings is 2. The first kappa shape index (κ1) is 13.0. The third-order valence-corrected chi connectivity index (χ3v) is 3.44. The molecule has 20 heavy (non-hydrogen) atoms. The van der Waals surface area contributed by atoms with Gasteiger partial charge in [0, 0.05) is 15.7 Å². The molecule has 0 unspecified atom stereocenters. The molecular weight excluding hydrogens is 322 g/mol. The highest BCUT2D eigenvalue weighted by Gasteiger charge is 2.14. The normalized spacial score (nSPS) is 12.8. The highest BCUT2D eigenvalue weighted by Crippen LogP contribution is 2.31. The molecular formula is C15H12BrNO3. The van der Waals surface area contributed by atoms with Gasteiger partial charge in [-0.15, -0.1) is 0 Å². The molecule has 2 aromatic carbocycles. The molecule has 102 valence electrons. The van der Waals surface area contributed by atoms with Crippen molar-refractivity contribution in [1.82, 2.24) is 0 Å². The van der Waals surface area contributed by atoms with E-state index in [9.17, 15) is 4.79 Å². The van der Waals surface area contributed by atoms with Gasteiger partial charge in [-0.05, 0) is 42.5 Å². The summed E-state index contributed by atoms with van der Waals surface area (Å²) in [5.41, 5.74) is 1.28. The molecule has 0 atom stereocenters. The molecule has 5 heteroatoms. The summed E-state index contributed by atoms with van der Waals surface area (Å²) in [7, 11) is 0. The number of hydrogen-bond donors (Lipinski definition) is 1. The summed E-state index contributed by atoms with van der Waals surface area (Å²) in [6.07, 6.45) is 0. The Labute approximate surface area is 124 Å². The monoisotopic (exact) mass is 333 g/mol. The number of hydrogen-bond acceptors (Lipinski definition) is 3. The molecule has 0 fully saturated rings. The lowest BCUT2D eigenvalue weighted by atomic mass is 10.1. The van der Waals surface area contributed by atoms with Crippen LogP contribution in [0, 0.1) is 0 Å². The van der Waals surface area contributed by atoms with Crippen LogP contribution in [0.4, 0.5) is 5.69 Å². The number of amides is 1. The maximum atomic E-state index is 12.2. The fraction of sp³-hybridized carbons (Fsp3) is 0.133. The van der Waals surface area contributed by atoms with Gasteiger partial charge in [-0.3, -0.25) is 4.79 Å². The lowest BCUT2D eigenvalue weighted by Gasteiger charge is -2.18. The van der Waals surface area contributed by atoms with Crippen molar-refractivity contribution in [1.29, 1.82) is 0 Å². The molecule has 1 aliphatic rings. The lowest BCUT2D eigenvalue weighted by Crippen LogP contribution is -2.17. The average Bonchev–Trinajstić information content (AvgIpc) is 2.49. The van der Waals surface area contributed by atoms with Gasteiger partial charge in [-0.1, -0.05) is 15.9 Å². The molecule has 0 radical (unpaired) electrons. The molecule has 0 aromatic heterocycles. The van der Waals surface area contributed by atoms with Crippen LogP contribution in [-0.2, 0) is 0 Å². The minimum absolute atomic E-state index is 0.177. The van der Waals surface area contributed by atoms with E-state index in [4.69, 9.17) is 9.47 Å². The third-order valence-electron chi connectivity index (χ3n) is 2.91. The predicted octanol–water partition coefficient (Wildman–Crippen LogP) is 3.47. The molecule has 0 saturated heterocycles. The summed E-state index contributed by atoms with van der Waals surface area (Å²) in [4.78, 5) is 12.2. The lowest BCUT2D eigenvalue weighted by molar-refractivity contribution is 0.102. The number of carbonyl (C=O) groups excluding carboxylic acids is 1. The van der Waals surface area contributed by atoms with Crippen molar-refractivity contribution in [2.75, 3.05) is 18.5 Å². The molecule has 0 bridgehead atoms. The molecule has 1 amide bonds. The van der Waals surface area contributed by atoms with Gasteiger partial charge in [0.15, 0.2) is 11.5 Å². The topological polar surface area (TPSA) is 47.6 Å². The SMILES string of the molecule is O=C(Nc1ccc(Br)cc1)c1ccc2c(c1)OCCO2. The Balaban J connectivity index is 1.78. The zero-order valence-corrected chi connectivity index (χ0v) is 12.1. The third kappa shape index (κ3) is 2.77. The number of fused-ring (bicyclic) bond motifs is 1. The zero-order valence-electron chi connectivity index (χ0n) is 10.6. The van der Waals surface area contributed by atoms with Crippen molar-refractivity contribution < 1.29 is 14.3 Å². The van der Waals surface area contributed by atoms with Crippen LogP contribution in [0.2, 0.25) is 0 Å². The standard InChI is InChI=1S/C15H12BrNO3/c16-11-2-4-12(5-3-11)17-15(18)10-1-6-13-14(9-10)20-8-7-19-13/h1-6,9H,7-8H2,(H,17,18). The van der Waals surface area contributed by atoms with Crippen LogP contribution in [-0.4, -0.2) is 19.1 Å². The van der Waals surface area contributed by atoms with E-state index in [1.54, 1.807) is 18.2 Å². The quantitative estimate of drug-likeness (QED) is 0.915. The fourth-order valence-electron chi connectivity index (χ4n) is 1.92. The Hall–Kier alpha value is -2.01. The molecule has 0 saturated carbocycles. The van der Waals surface area contributed by atoms with Crippen molar-refractivity contribution in [2.45, 2.75) is 0 Å². The molecule has 0 aliphatic carbocycles. The Morgan fingerprint density at radius 3 is 2.45 bits per heavy atom. The fourth-order valence-corrected chi connectivity index (χ4v) is 2.19. The second kappa shape index (κ2) is 5.54. The van der Waals surface area contributed by atoms with Gasteiger partial charge in [-0.25, -0.2) is 0 Å². The summed E-state index contributed by atoms with van der Waals surface area (Å²) in [6.45, 7) is 1.04. The molecule has 1 aliphatic heterocycles. The van der Waals surface area contributed by atoms with Crippen LogP contribution < -0.4 is 14.8 Å². The molecule has 1 heterocycles. The predicted molar refractivity (Wildman–Crippen MR) is 79.5 cm³/mol. The largest absolute Gasteiger partial charge is 0.486 e. The van der Waals surface area contributed by atoms with Crippen molar-refractivity contribution in [3.05, 3.63) is 52.5 Å². The summed E-state index contributed by atoms with van der Waals surface area (Å²) < 4.78 is 11.9. The number of anilines is 1. The smallest absolute Gasteiger partial charge is 0.255 e. The number of halogens is 1. The molecule has 0 spiro atoms. The van der Waals surface area contributed by atoms with Crippen LogP contribution >= 0.6 is 15.9 Å². The van der Waals surface area contributed by atoms with E-state index in [1.165, 1.54) is 0 Å². The van der Waals surface area contributed by atoms with Crippen LogP contribution in [0.1, 0.15) is 10.4 Å². The van der Waals surface area contributed by atoms with Gasteiger partial charge in [-0.2, -0.15) is 0 Å². The van der Waals surface area contributed by atoms with Gasteiger partial charge in [0.2, 0.25) is 0 Å². The maximum Gasteiger partial charge on any atom is 0.255 e. The summed E-state index contributed by atoms with van der Waals surface area (Å²) in [5.74, 6) is 1.11. The second-order valence-electron chi connectivity index (χ2n) is 4.32. The van der Waals surface area contributed by atoms with E-state index in [2.05, 4.69) is 21.2 Å². The van der Waals surface area contributed by atoms with E-state index in [0.717, 1.165) is 10.2 Å². The minimum Gasteiger partial charge on any atom is -0.486 e. The van der Waals surface area contributed by atoms with Crippen LogP contribution in [0.25, 0.3) is 0 Å². The maximum absolute atomic E-state index is 12.2. The van der Waals surface area contributed by atoms with E-state index in [1.807, 2.05) is 24.3 Å². The van der Waals surface area contributed by atoms with Gasteiger partial charge in [0.25, 0.3) is 5.91 Å². The van der Waals surface area contributed by atoms with Crippen molar-refractivity contribution >= 4 is 27.5 Å².